The van der Waals surface area contributed by atoms with E-state index in [0.717, 1.165) is 37.0 Å². The number of unbranched alkanes of at least 4 members (excludes halogenated alkanes) is 1. The van der Waals surface area contributed by atoms with Crippen LogP contribution in [-0.2, 0) is 0 Å². The number of hydrogen-bond donors (Lipinski definition) is 2. The molecule has 0 radical (unpaired) electrons. The molecule has 0 heterocycles. The minimum absolute atomic E-state index is 0. The minimum Gasteiger partial charge on any atom is -0.497 e. The summed E-state index contributed by atoms with van der Waals surface area (Å²) in [7, 11) is 1.65. The lowest BCUT2D eigenvalue weighted by Gasteiger charge is -2.15. The summed E-state index contributed by atoms with van der Waals surface area (Å²) in [6.07, 6.45) is 2.32. The van der Waals surface area contributed by atoms with Crippen LogP contribution in [0.4, 0.5) is 0 Å². The van der Waals surface area contributed by atoms with Gasteiger partial charge in [0.2, 0.25) is 0 Å². The van der Waals surface area contributed by atoms with Crippen LogP contribution in [-0.4, -0.2) is 38.8 Å². The molecule has 2 N–H and O–H groups in total. The van der Waals surface area contributed by atoms with E-state index < -0.39 is 0 Å². The number of hydrogen-bond acceptors (Lipinski definition) is 3. The third-order valence-electron chi connectivity index (χ3n) is 3.07. The highest BCUT2D eigenvalue weighted by atomic mass is 127. The van der Waals surface area contributed by atoms with E-state index >= 15 is 0 Å². The molecule has 0 aromatic heterocycles. The Balaban J connectivity index is 0.00000484. The number of methoxy groups -OCH3 is 1. The largest absolute Gasteiger partial charge is 0.497 e. The van der Waals surface area contributed by atoms with Crippen molar-refractivity contribution in [3.63, 3.8) is 0 Å². The van der Waals surface area contributed by atoms with Crippen LogP contribution in [0.2, 0.25) is 0 Å². The standard InChI is InChI=1S/C17H29N3O2.HI/c1-5-7-12-19-17(18-6-2)20-13-14(3)22-16-10-8-15(21-4)9-11-16;/h8-11,14H,5-7,12-13H2,1-4H3,(H2,18,19,20);1H. The predicted molar refractivity (Wildman–Crippen MR) is 107 cm³/mol. The molecule has 0 spiro atoms. The molecule has 0 aliphatic carbocycles. The van der Waals surface area contributed by atoms with E-state index in [1.54, 1.807) is 7.11 Å². The van der Waals surface area contributed by atoms with Crippen molar-refractivity contribution in [2.75, 3.05) is 26.7 Å². The molecule has 0 saturated carbocycles. The van der Waals surface area contributed by atoms with Crippen LogP contribution < -0.4 is 20.1 Å². The van der Waals surface area contributed by atoms with E-state index in [9.17, 15) is 0 Å². The second-order valence-electron chi connectivity index (χ2n) is 5.10. The summed E-state index contributed by atoms with van der Waals surface area (Å²) in [6.45, 7) is 8.66. The number of guanidine groups is 1. The molecule has 0 saturated heterocycles. The second-order valence-corrected chi connectivity index (χ2v) is 5.10. The molecular formula is C17H30IN3O2. The molecule has 132 valence electrons. The molecule has 0 aliphatic rings. The van der Waals surface area contributed by atoms with Crippen LogP contribution in [0.5, 0.6) is 11.5 Å². The Bertz CT molecular complexity index is 438. The van der Waals surface area contributed by atoms with Crippen molar-refractivity contribution < 1.29 is 9.47 Å². The topological polar surface area (TPSA) is 54.9 Å². The molecule has 1 rings (SSSR count). The van der Waals surface area contributed by atoms with Crippen LogP contribution in [0.25, 0.3) is 0 Å². The normalized spacial score (nSPS) is 12.1. The molecule has 0 bridgehead atoms. The van der Waals surface area contributed by atoms with Crippen molar-refractivity contribution in [1.29, 1.82) is 0 Å². The summed E-state index contributed by atoms with van der Waals surface area (Å²) < 4.78 is 11.0. The molecule has 23 heavy (non-hydrogen) atoms. The van der Waals surface area contributed by atoms with Crippen molar-refractivity contribution in [2.24, 2.45) is 4.99 Å². The lowest BCUT2D eigenvalue weighted by atomic mass is 10.3. The van der Waals surface area contributed by atoms with Crippen molar-refractivity contribution in [3.8, 4) is 11.5 Å². The fourth-order valence-electron chi connectivity index (χ4n) is 1.87. The number of nitrogens with one attached hydrogen (secondary N) is 2. The van der Waals surface area contributed by atoms with Crippen LogP contribution in [0.3, 0.4) is 0 Å². The average molecular weight is 435 g/mol. The van der Waals surface area contributed by atoms with Gasteiger partial charge in [-0.05, 0) is 44.5 Å². The lowest BCUT2D eigenvalue weighted by Crippen LogP contribution is -2.38. The molecule has 0 fully saturated rings. The Morgan fingerprint density at radius 1 is 1.13 bits per heavy atom. The molecule has 1 unspecified atom stereocenters. The number of benzene rings is 1. The Kier molecular flexibility index (Phi) is 12.6. The maximum atomic E-state index is 5.85. The predicted octanol–water partition coefficient (Wildman–Crippen LogP) is 3.44. The third-order valence-corrected chi connectivity index (χ3v) is 3.07. The van der Waals surface area contributed by atoms with E-state index in [-0.39, 0.29) is 30.1 Å². The van der Waals surface area contributed by atoms with E-state index in [1.165, 1.54) is 6.42 Å². The quantitative estimate of drug-likeness (QED) is 0.270. The zero-order valence-electron chi connectivity index (χ0n) is 14.6. The summed E-state index contributed by atoms with van der Waals surface area (Å²) in [5, 5.41) is 6.57. The average Bonchev–Trinajstić information content (AvgIpc) is 2.53. The molecule has 0 amide bonds. The number of nitrogens with zero attached hydrogens (tertiary/aromatic N) is 1. The minimum atomic E-state index is 0. The van der Waals surface area contributed by atoms with Gasteiger partial charge >= 0.3 is 0 Å². The summed E-state index contributed by atoms with van der Waals surface area (Å²) in [5.41, 5.74) is 0. The van der Waals surface area contributed by atoms with Gasteiger partial charge in [0.15, 0.2) is 5.96 Å². The van der Waals surface area contributed by atoms with E-state index in [2.05, 4.69) is 29.5 Å². The molecule has 1 atom stereocenters. The maximum absolute atomic E-state index is 5.85. The number of ether oxygens (including phenoxy) is 2. The van der Waals surface area contributed by atoms with Crippen LogP contribution in [0, 0.1) is 0 Å². The van der Waals surface area contributed by atoms with Gasteiger partial charge in [-0.1, -0.05) is 13.3 Å². The lowest BCUT2D eigenvalue weighted by molar-refractivity contribution is 0.230. The van der Waals surface area contributed by atoms with Gasteiger partial charge < -0.3 is 20.1 Å². The number of rotatable bonds is 9. The molecule has 1 aromatic rings. The molecule has 5 nitrogen and oxygen atoms in total. The first-order valence-electron chi connectivity index (χ1n) is 8.02. The van der Waals surface area contributed by atoms with Crippen LogP contribution in [0.15, 0.2) is 29.3 Å². The number of aliphatic imine (C=N–C) groups is 1. The Labute approximate surface area is 157 Å². The Morgan fingerprint density at radius 3 is 2.35 bits per heavy atom. The number of halogens is 1. The SMILES string of the molecule is CCCCNC(=NCC(C)Oc1ccc(OC)cc1)NCC.I. The maximum Gasteiger partial charge on any atom is 0.191 e. The van der Waals surface area contributed by atoms with Crippen molar-refractivity contribution in [3.05, 3.63) is 24.3 Å². The van der Waals surface area contributed by atoms with Crippen molar-refractivity contribution in [2.45, 2.75) is 39.7 Å². The highest BCUT2D eigenvalue weighted by Gasteiger charge is 2.05. The van der Waals surface area contributed by atoms with Crippen molar-refractivity contribution in [1.82, 2.24) is 10.6 Å². The van der Waals surface area contributed by atoms with Gasteiger partial charge in [0.05, 0.1) is 13.7 Å². The Hall–Kier alpha value is -1.18. The van der Waals surface area contributed by atoms with E-state index in [0.29, 0.717) is 6.54 Å². The highest BCUT2D eigenvalue weighted by molar-refractivity contribution is 14.0. The van der Waals surface area contributed by atoms with Gasteiger partial charge in [-0.15, -0.1) is 24.0 Å². The van der Waals surface area contributed by atoms with E-state index in [1.807, 2.05) is 31.2 Å². The van der Waals surface area contributed by atoms with Crippen LogP contribution >= 0.6 is 24.0 Å². The summed E-state index contributed by atoms with van der Waals surface area (Å²) >= 11 is 0. The Morgan fingerprint density at radius 2 is 1.78 bits per heavy atom. The zero-order chi connectivity index (χ0) is 16.2. The first-order chi connectivity index (χ1) is 10.7. The molecular weight excluding hydrogens is 405 g/mol. The molecule has 6 heteroatoms. The monoisotopic (exact) mass is 435 g/mol. The van der Waals surface area contributed by atoms with Gasteiger partial charge in [0, 0.05) is 13.1 Å². The highest BCUT2D eigenvalue weighted by Crippen LogP contribution is 2.18. The third kappa shape index (κ3) is 9.53. The fourth-order valence-corrected chi connectivity index (χ4v) is 1.87. The smallest absolute Gasteiger partial charge is 0.191 e. The van der Waals surface area contributed by atoms with Crippen molar-refractivity contribution >= 4 is 29.9 Å². The molecule has 1 aromatic carbocycles. The summed E-state index contributed by atoms with van der Waals surface area (Å²) in [4.78, 5) is 4.56. The zero-order valence-corrected chi connectivity index (χ0v) is 16.9. The van der Waals surface area contributed by atoms with E-state index in [4.69, 9.17) is 9.47 Å². The first kappa shape index (κ1) is 21.8. The van der Waals surface area contributed by atoms with Gasteiger partial charge in [0.25, 0.3) is 0 Å². The summed E-state index contributed by atoms with van der Waals surface area (Å²) in [6, 6.07) is 7.59. The second kappa shape index (κ2) is 13.3. The van der Waals surface area contributed by atoms with Gasteiger partial charge in [-0.25, -0.2) is 4.99 Å². The van der Waals surface area contributed by atoms with Crippen LogP contribution in [0.1, 0.15) is 33.6 Å². The van der Waals surface area contributed by atoms with Gasteiger partial charge in [-0.3, -0.25) is 0 Å². The fraction of sp³-hybridized carbons (Fsp3) is 0.588. The van der Waals surface area contributed by atoms with Gasteiger partial charge in [0.1, 0.15) is 17.6 Å². The first-order valence-corrected chi connectivity index (χ1v) is 8.02. The molecule has 0 aliphatic heterocycles. The van der Waals surface area contributed by atoms with Gasteiger partial charge in [-0.2, -0.15) is 0 Å². The summed E-state index contributed by atoms with van der Waals surface area (Å²) in [5.74, 6) is 2.50.